The Morgan fingerprint density at radius 1 is 1.32 bits per heavy atom. The fourth-order valence-corrected chi connectivity index (χ4v) is 3.08. The molecule has 0 aliphatic carbocycles. The molecule has 0 aliphatic heterocycles. The summed E-state index contributed by atoms with van der Waals surface area (Å²) in [5, 5.41) is 3.78. The third kappa shape index (κ3) is 4.13. The summed E-state index contributed by atoms with van der Waals surface area (Å²) >= 11 is 1.48. The topological polar surface area (TPSA) is 46.9 Å². The molecular formula is C17H23N3OS. The zero-order valence-electron chi connectivity index (χ0n) is 13.6. The highest BCUT2D eigenvalue weighted by Gasteiger charge is 2.13. The van der Waals surface area contributed by atoms with E-state index in [9.17, 15) is 4.79 Å². The van der Waals surface area contributed by atoms with Gasteiger partial charge in [-0.2, -0.15) is 0 Å². The van der Waals surface area contributed by atoms with Gasteiger partial charge >= 0.3 is 0 Å². The van der Waals surface area contributed by atoms with Crippen LogP contribution in [0.3, 0.4) is 0 Å². The first kappa shape index (κ1) is 16.6. The minimum absolute atomic E-state index is 0.0440. The molecule has 118 valence electrons. The van der Waals surface area contributed by atoms with Crippen molar-refractivity contribution in [2.75, 3.05) is 5.75 Å². The standard InChI is InChI=1S/C17H23N3OS/c1-5-20-15(14-8-6-13(4)7-9-14)10-18-17(20)22-11-16(21)19-12(2)3/h6-10,12H,5,11H2,1-4H3,(H,19,21). The first-order valence-electron chi connectivity index (χ1n) is 7.56. The molecule has 0 atom stereocenters. The van der Waals surface area contributed by atoms with Crippen LogP contribution in [-0.2, 0) is 11.3 Å². The number of carbonyl (C=O) groups is 1. The Morgan fingerprint density at radius 3 is 2.59 bits per heavy atom. The van der Waals surface area contributed by atoms with E-state index in [2.05, 4.69) is 53.0 Å². The monoisotopic (exact) mass is 317 g/mol. The second kappa shape index (κ2) is 7.49. The van der Waals surface area contributed by atoms with Crippen molar-refractivity contribution in [1.82, 2.24) is 14.9 Å². The lowest BCUT2D eigenvalue weighted by Crippen LogP contribution is -2.31. The van der Waals surface area contributed by atoms with Crippen LogP contribution in [-0.4, -0.2) is 27.3 Å². The number of thioether (sulfide) groups is 1. The first-order chi connectivity index (χ1) is 10.5. The largest absolute Gasteiger partial charge is 0.353 e. The molecule has 1 heterocycles. The van der Waals surface area contributed by atoms with Gasteiger partial charge in [-0.25, -0.2) is 4.98 Å². The van der Waals surface area contributed by atoms with Gasteiger partial charge < -0.3 is 9.88 Å². The zero-order valence-corrected chi connectivity index (χ0v) is 14.4. The van der Waals surface area contributed by atoms with Gasteiger partial charge in [-0.05, 0) is 33.3 Å². The molecule has 0 radical (unpaired) electrons. The fourth-order valence-electron chi connectivity index (χ4n) is 2.23. The molecule has 5 heteroatoms. The number of imidazole rings is 1. The molecule has 1 amide bonds. The van der Waals surface area contributed by atoms with E-state index in [-0.39, 0.29) is 11.9 Å². The van der Waals surface area contributed by atoms with E-state index < -0.39 is 0 Å². The Morgan fingerprint density at radius 2 is 2.00 bits per heavy atom. The summed E-state index contributed by atoms with van der Waals surface area (Å²) in [4.78, 5) is 16.3. The van der Waals surface area contributed by atoms with E-state index in [1.165, 1.54) is 17.3 Å². The quantitative estimate of drug-likeness (QED) is 0.830. The third-order valence-corrected chi connectivity index (χ3v) is 4.26. The highest BCUT2D eigenvalue weighted by atomic mass is 32.2. The van der Waals surface area contributed by atoms with E-state index in [1.54, 1.807) is 0 Å². The summed E-state index contributed by atoms with van der Waals surface area (Å²) < 4.78 is 2.15. The molecule has 2 aromatic rings. The maximum absolute atomic E-state index is 11.8. The van der Waals surface area contributed by atoms with Crippen molar-refractivity contribution in [2.45, 2.75) is 45.4 Å². The van der Waals surface area contributed by atoms with E-state index in [0.717, 1.165) is 23.0 Å². The number of nitrogens with one attached hydrogen (secondary N) is 1. The van der Waals surface area contributed by atoms with E-state index in [0.29, 0.717) is 5.75 Å². The van der Waals surface area contributed by atoms with Crippen LogP contribution in [0.2, 0.25) is 0 Å². The van der Waals surface area contributed by atoms with Crippen molar-refractivity contribution in [2.24, 2.45) is 0 Å². The van der Waals surface area contributed by atoms with Crippen molar-refractivity contribution in [3.05, 3.63) is 36.0 Å². The van der Waals surface area contributed by atoms with Gasteiger partial charge in [-0.1, -0.05) is 41.6 Å². The van der Waals surface area contributed by atoms with E-state index in [1.807, 2.05) is 20.0 Å². The Hall–Kier alpha value is -1.75. The molecule has 0 spiro atoms. The number of aromatic nitrogens is 2. The molecule has 0 fully saturated rings. The molecule has 0 saturated carbocycles. The fraction of sp³-hybridized carbons (Fsp3) is 0.412. The van der Waals surface area contributed by atoms with Gasteiger partial charge in [0, 0.05) is 12.6 Å². The van der Waals surface area contributed by atoms with Crippen molar-refractivity contribution >= 4 is 17.7 Å². The Bertz CT molecular complexity index is 632. The van der Waals surface area contributed by atoms with Gasteiger partial charge in [0.05, 0.1) is 17.6 Å². The van der Waals surface area contributed by atoms with Crippen molar-refractivity contribution in [3.63, 3.8) is 0 Å². The van der Waals surface area contributed by atoms with Gasteiger partial charge in [0.25, 0.3) is 0 Å². The number of amides is 1. The van der Waals surface area contributed by atoms with E-state index >= 15 is 0 Å². The Balaban J connectivity index is 2.14. The molecule has 1 aromatic heterocycles. The van der Waals surface area contributed by atoms with Crippen LogP contribution in [0.5, 0.6) is 0 Å². The molecule has 1 N–H and O–H groups in total. The molecule has 0 aliphatic rings. The average molecular weight is 317 g/mol. The lowest BCUT2D eigenvalue weighted by molar-refractivity contribution is -0.119. The number of hydrogen-bond acceptors (Lipinski definition) is 3. The number of benzene rings is 1. The van der Waals surface area contributed by atoms with E-state index in [4.69, 9.17) is 0 Å². The second-order valence-electron chi connectivity index (χ2n) is 5.55. The number of aryl methyl sites for hydroxylation is 1. The molecule has 2 rings (SSSR count). The zero-order chi connectivity index (χ0) is 16.1. The Kier molecular flexibility index (Phi) is 5.66. The highest BCUT2D eigenvalue weighted by Crippen LogP contribution is 2.26. The molecule has 0 unspecified atom stereocenters. The predicted molar refractivity (Wildman–Crippen MR) is 92.1 cm³/mol. The van der Waals surface area contributed by atoms with Gasteiger partial charge in [-0.3, -0.25) is 4.79 Å². The summed E-state index contributed by atoms with van der Waals surface area (Å²) in [7, 11) is 0. The molecule has 1 aromatic carbocycles. The van der Waals surface area contributed by atoms with Crippen molar-refractivity contribution in [3.8, 4) is 11.3 Å². The van der Waals surface area contributed by atoms with Crippen LogP contribution in [0.15, 0.2) is 35.6 Å². The molecule has 4 nitrogen and oxygen atoms in total. The van der Waals surface area contributed by atoms with Gasteiger partial charge in [-0.15, -0.1) is 0 Å². The lowest BCUT2D eigenvalue weighted by atomic mass is 10.1. The van der Waals surface area contributed by atoms with Crippen LogP contribution in [0.1, 0.15) is 26.3 Å². The van der Waals surface area contributed by atoms with Gasteiger partial charge in [0.1, 0.15) is 0 Å². The molecule has 22 heavy (non-hydrogen) atoms. The number of rotatable bonds is 6. The van der Waals surface area contributed by atoms with Crippen molar-refractivity contribution in [1.29, 1.82) is 0 Å². The predicted octanol–water partition coefficient (Wildman–Crippen LogP) is 3.50. The van der Waals surface area contributed by atoms with Crippen LogP contribution >= 0.6 is 11.8 Å². The summed E-state index contributed by atoms with van der Waals surface area (Å²) in [6.45, 7) is 8.93. The van der Waals surface area contributed by atoms with Crippen LogP contribution in [0, 0.1) is 6.92 Å². The SMILES string of the molecule is CCn1c(-c2ccc(C)cc2)cnc1SCC(=O)NC(C)C. The van der Waals surface area contributed by atoms with Gasteiger partial charge in [0.2, 0.25) is 5.91 Å². The minimum Gasteiger partial charge on any atom is -0.353 e. The molecular weight excluding hydrogens is 294 g/mol. The molecule has 0 saturated heterocycles. The smallest absolute Gasteiger partial charge is 0.230 e. The summed E-state index contributed by atoms with van der Waals surface area (Å²) in [6, 6.07) is 8.59. The van der Waals surface area contributed by atoms with Crippen molar-refractivity contribution < 1.29 is 4.79 Å². The lowest BCUT2D eigenvalue weighted by Gasteiger charge is -2.10. The Labute approximate surface area is 136 Å². The number of carbonyl (C=O) groups excluding carboxylic acids is 1. The molecule has 0 bridgehead atoms. The maximum Gasteiger partial charge on any atom is 0.230 e. The summed E-state index contributed by atoms with van der Waals surface area (Å²) in [6.07, 6.45) is 1.89. The average Bonchev–Trinajstić information content (AvgIpc) is 2.88. The normalized spacial score (nSPS) is 11.0. The van der Waals surface area contributed by atoms with Gasteiger partial charge in [0.15, 0.2) is 5.16 Å². The number of hydrogen-bond donors (Lipinski definition) is 1. The maximum atomic E-state index is 11.8. The summed E-state index contributed by atoms with van der Waals surface area (Å²) in [5.41, 5.74) is 3.49. The van der Waals surface area contributed by atoms with Crippen LogP contribution < -0.4 is 5.32 Å². The summed E-state index contributed by atoms with van der Waals surface area (Å²) in [5.74, 6) is 0.435. The number of nitrogens with zero attached hydrogens (tertiary/aromatic N) is 2. The van der Waals surface area contributed by atoms with Crippen LogP contribution in [0.4, 0.5) is 0 Å². The van der Waals surface area contributed by atoms with Crippen LogP contribution in [0.25, 0.3) is 11.3 Å². The third-order valence-electron chi connectivity index (χ3n) is 3.26. The minimum atomic E-state index is 0.0440. The second-order valence-corrected chi connectivity index (χ2v) is 6.49. The first-order valence-corrected chi connectivity index (χ1v) is 8.54. The highest BCUT2D eigenvalue weighted by molar-refractivity contribution is 7.99.